The summed E-state index contributed by atoms with van der Waals surface area (Å²) in [4.78, 5) is 20.1. The Morgan fingerprint density at radius 3 is 2.61 bits per heavy atom. The van der Waals surface area contributed by atoms with Crippen LogP contribution in [0.3, 0.4) is 0 Å². The molecule has 0 aliphatic heterocycles. The van der Waals surface area contributed by atoms with Crippen LogP contribution in [0.15, 0.2) is 66.7 Å². The number of aromatic amines is 1. The first-order valence-electron chi connectivity index (χ1n) is 9.13. The van der Waals surface area contributed by atoms with Crippen LogP contribution in [0.1, 0.15) is 11.1 Å². The van der Waals surface area contributed by atoms with Gasteiger partial charge in [-0.2, -0.15) is 0 Å². The summed E-state index contributed by atoms with van der Waals surface area (Å²) in [5, 5.41) is 2.86. The molecule has 4 rings (SSSR count). The van der Waals surface area contributed by atoms with E-state index in [0.717, 1.165) is 33.7 Å². The first kappa shape index (κ1) is 17.8. The maximum absolute atomic E-state index is 12.1. The minimum Gasteiger partial charge on any atom is -0.484 e. The Kier molecular flexibility index (Phi) is 4.81. The van der Waals surface area contributed by atoms with E-state index in [0.29, 0.717) is 5.75 Å². The van der Waals surface area contributed by atoms with Crippen molar-refractivity contribution < 1.29 is 9.53 Å². The van der Waals surface area contributed by atoms with Crippen molar-refractivity contribution in [1.29, 1.82) is 0 Å². The summed E-state index contributed by atoms with van der Waals surface area (Å²) in [5.41, 5.74) is 5.92. The molecule has 0 bridgehead atoms. The van der Waals surface area contributed by atoms with Gasteiger partial charge in [-0.3, -0.25) is 4.79 Å². The van der Waals surface area contributed by atoms with Gasteiger partial charge in [0.05, 0.1) is 11.0 Å². The first-order valence-corrected chi connectivity index (χ1v) is 9.13. The summed E-state index contributed by atoms with van der Waals surface area (Å²) < 4.78 is 5.60. The number of aromatic nitrogens is 2. The first-order chi connectivity index (χ1) is 13.6. The van der Waals surface area contributed by atoms with E-state index in [1.807, 2.05) is 67.6 Å². The zero-order valence-corrected chi connectivity index (χ0v) is 15.8. The fraction of sp³-hybridized carbons (Fsp3) is 0.130. The largest absolute Gasteiger partial charge is 0.484 e. The van der Waals surface area contributed by atoms with Crippen LogP contribution in [-0.4, -0.2) is 22.5 Å². The number of H-pyrrole nitrogens is 1. The fourth-order valence-electron chi connectivity index (χ4n) is 3.02. The number of benzene rings is 3. The van der Waals surface area contributed by atoms with Gasteiger partial charge in [0.1, 0.15) is 11.6 Å². The molecule has 5 heteroatoms. The summed E-state index contributed by atoms with van der Waals surface area (Å²) in [5.74, 6) is 1.26. The molecule has 0 radical (unpaired) electrons. The van der Waals surface area contributed by atoms with Crippen molar-refractivity contribution in [3.8, 4) is 17.1 Å². The normalized spacial score (nSPS) is 10.8. The third-order valence-electron chi connectivity index (χ3n) is 4.55. The average molecular weight is 371 g/mol. The van der Waals surface area contributed by atoms with Crippen LogP contribution in [0.25, 0.3) is 22.4 Å². The Bertz CT molecular complexity index is 1130. The molecular weight excluding hydrogens is 350 g/mol. The van der Waals surface area contributed by atoms with Gasteiger partial charge in [0.2, 0.25) is 0 Å². The number of hydrogen-bond acceptors (Lipinski definition) is 3. The van der Waals surface area contributed by atoms with Gasteiger partial charge in [-0.15, -0.1) is 0 Å². The van der Waals surface area contributed by atoms with Crippen molar-refractivity contribution in [2.24, 2.45) is 0 Å². The maximum Gasteiger partial charge on any atom is 0.262 e. The number of nitrogens with one attached hydrogen (secondary N) is 2. The molecule has 140 valence electrons. The lowest BCUT2D eigenvalue weighted by atomic mass is 10.2. The number of imidazole rings is 1. The summed E-state index contributed by atoms with van der Waals surface area (Å²) in [6.45, 7) is 3.97. The molecule has 28 heavy (non-hydrogen) atoms. The van der Waals surface area contributed by atoms with Crippen molar-refractivity contribution in [3.63, 3.8) is 0 Å². The number of rotatable bonds is 5. The molecule has 1 heterocycles. The van der Waals surface area contributed by atoms with E-state index in [4.69, 9.17) is 4.74 Å². The Morgan fingerprint density at radius 2 is 1.82 bits per heavy atom. The predicted octanol–water partition coefficient (Wildman–Crippen LogP) is 4.86. The molecule has 3 aromatic carbocycles. The van der Waals surface area contributed by atoms with Gasteiger partial charge in [-0.05, 0) is 67.4 Å². The summed E-state index contributed by atoms with van der Waals surface area (Å²) in [6.07, 6.45) is 0. The lowest BCUT2D eigenvalue weighted by Gasteiger charge is -2.09. The molecule has 1 aromatic heterocycles. The average Bonchev–Trinajstić information content (AvgIpc) is 3.12. The molecular formula is C23H21N3O2. The number of para-hydroxylation sites is 1. The van der Waals surface area contributed by atoms with Crippen LogP contribution in [-0.2, 0) is 4.79 Å². The SMILES string of the molecule is Cc1ccc2nc(-c3ccc(OCC(=O)Nc4ccccc4C)cc3)[nH]c2c1. The van der Waals surface area contributed by atoms with Gasteiger partial charge in [0, 0.05) is 11.3 Å². The lowest BCUT2D eigenvalue weighted by molar-refractivity contribution is -0.118. The molecule has 0 saturated heterocycles. The summed E-state index contributed by atoms with van der Waals surface area (Å²) in [6, 6.07) is 21.3. The number of carbonyl (C=O) groups excluding carboxylic acids is 1. The zero-order chi connectivity index (χ0) is 19.5. The van der Waals surface area contributed by atoms with Crippen LogP contribution in [0.5, 0.6) is 5.75 Å². The number of fused-ring (bicyclic) bond motifs is 1. The monoisotopic (exact) mass is 371 g/mol. The standard InChI is InChI=1S/C23H21N3O2/c1-15-7-12-20-21(13-15)26-23(25-20)17-8-10-18(11-9-17)28-14-22(27)24-19-6-4-3-5-16(19)2/h3-13H,14H2,1-2H3,(H,24,27)(H,25,26). The third-order valence-corrected chi connectivity index (χ3v) is 4.55. The quantitative estimate of drug-likeness (QED) is 0.526. The highest BCUT2D eigenvalue weighted by Crippen LogP contribution is 2.23. The van der Waals surface area contributed by atoms with Crippen LogP contribution in [0.2, 0.25) is 0 Å². The molecule has 2 N–H and O–H groups in total. The molecule has 0 aliphatic rings. The number of carbonyl (C=O) groups is 1. The number of nitrogens with zero attached hydrogens (tertiary/aromatic N) is 1. The highest BCUT2D eigenvalue weighted by molar-refractivity contribution is 5.92. The summed E-state index contributed by atoms with van der Waals surface area (Å²) >= 11 is 0. The van der Waals surface area contributed by atoms with Gasteiger partial charge in [0.25, 0.3) is 5.91 Å². The number of hydrogen-bond donors (Lipinski definition) is 2. The smallest absolute Gasteiger partial charge is 0.262 e. The Morgan fingerprint density at radius 1 is 1.04 bits per heavy atom. The van der Waals surface area contributed by atoms with Crippen molar-refractivity contribution in [3.05, 3.63) is 77.9 Å². The topological polar surface area (TPSA) is 67.0 Å². The van der Waals surface area contributed by atoms with Gasteiger partial charge >= 0.3 is 0 Å². The molecule has 4 aromatic rings. The zero-order valence-electron chi connectivity index (χ0n) is 15.8. The maximum atomic E-state index is 12.1. The van der Waals surface area contributed by atoms with E-state index in [9.17, 15) is 4.79 Å². The lowest BCUT2D eigenvalue weighted by Crippen LogP contribution is -2.20. The second kappa shape index (κ2) is 7.56. The molecule has 0 spiro atoms. The molecule has 5 nitrogen and oxygen atoms in total. The minimum atomic E-state index is -0.189. The molecule has 0 aliphatic carbocycles. The third kappa shape index (κ3) is 3.88. The number of anilines is 1. The molecule has 0 unspecified atom stereocenters. The highest BCUT2D eigenvalue weighted by atomic mass is 16.5. The van der Waals surface area contributed by atoms with E-state index in [-0.39, 0.29) is 12.5 Å². The number of amides is 1. The highest BCUT2D eigenvalue weighted by Gasteiger charge is 2.08. The van der Waals surface area contributed by atoms with Crippen LogP contribution >= 0.6 is 0 Å². The minimum absolute atomic E-state index is 0.0441. The Hall–Kier alpha value is -3.60. The molecule has 0 saturated carbocycles. The number of aryl methyl sites for hydroxylation is 2. The van der Waals surface area contributed by atoms with E-state index in [1.165, 1.54) is 5.56 Å². The van der Waals surface area contributed by atoms with Crippen LogP contribution < -0.4 is 10.1 Å². The van der Waals surface area contributed by atoms with Crippen molar-refractivity contribution in [2.45, 2.75) is 13.8 Å². The predicted molar refractivity (Wildman–Crippen MR) is 112 cm³/mol. The van der Waals surface area contributed by atoms with Crippen molar-refractivity contribution >= 4 is 22.6 Å². The van der Waals surface area contributed by atoms with Crippen LogP contribution in [0.4, 0.5) is 5.69 Å². The Labute approximate surface area is 163 Å². The van der Waals surface area contributed by atoms with E-state index in [2.05, 4.69) is 28.3 Å². The van der Waals surface area contributed by atoms with Gasteiger partial charge in [0.15, 0.2) is 6.61 Å². The van der Waals surface area contributed by atoms with Gasteiger partial charge < -0.3 is 15.0 Å². The molecule has 0 fully saturated rings. The summed E-state index contributed by atoms with van der Waals surface area (Å²) in [7, 11) is 0. The second-order valence-corrected chi connectivity index (χ2v) is 6.78. The molecule has 1 amide bonds. The Balaban J connectivity index is 1.40. The van der Waals surface area contributed by atoms with E-state index in [1.54, 1.807) is 0 Å². The van der Waals surface area contributed by atoms with E-state index < -0.39 is 0 Å². The van der Waals surface area contributed by atoms with E-state index >= 15 is 0 Å². The number of ether oxygens (including phenoxy) is 1. The van der Waals surface area contributed by atoms with Gasteiger partial charge in [-0.25, -0.2) is 4.98 Å². The van der Waals surface area contributed by atoms with Crippen molar-refractivity contribution in [2.75, 3.05) is 11.9 Å². The second-order valence-electron chi connectivity index (χ2n) is 6.78. The van der Waals surface area contributed by atoms with Crippen LogP contribution in [0, 0.1) is 13.8 Å². The fourth-order valence-corrected chi connectivity index (χ4v) is 3.02. The molecule has 0 atom stereocenters. The van der Waals surface area contributed by atoms with Crippen molar-refractivity contribution in [1.82, 2.24) is 9.97 Å². The van der Waals surface area contributed by atoms with Gasteiger partial charge in [-0.1, -0.05) is 24.3 Å².